The lowest BCUT2D eigenvalue weighted by atomic mass is 9.99. The average molecular weight is 490 g/mol. The molecule has 0 unspecified atom stereocenters. The Kier molecular flexibility index (Phi) is 16.9. The Hall–Kier alpha value is -2.12. The van der Waals surface area contributed by atoms with E-state index >= 15 is 0 Å². The Morgan fingerprint density at radius 2 is 1.42 bits per heavy atom. The van der Waals surface area contributed by atoms with Crippen molar-refractivity contribution in [2.24, 2.45) is 5.92 Å². The highest BCUT2D eigenvalue weighted by atomic mass is 15.1. The molecule has 2 aromatic rings. The minimum absolute atomic E-state index is 0.778. The van der Waals surface area contributed by atoms with E-state index in [0.717, 1.165) is 18.8 Å². The molecule has 0 aliphatic carbocycles. The standard InChI is InChI=1S/C17H27N.C16H22.C2H6/c1-3-6-16-7-9-17(10-8-16)13-15(2)14-18-11-4-5-12-18;1-13(2)7-5-6-8-15(4)16-11-9-14(3)10-12-16;1-2/h7-10,15H,3-6,11-14H2,1-2H3;9-12H,1,4-8H2,2-3H3;1-2H3/t15-;;/m0../s1. The second-order valence-corrected chi connectivity index (χ2v) is 10.5. The van der Waals surface area contributed by atoms with Gasteiger partial charge in [-0.05, 0) is 106 Å². The summed E-state index contributed by atoms with van der Waals surface area (Å²) in [5, 5.41) is 0. The molecule has 3 rings (SSSR count). The first kappa shape index (κ1) is 31.9. The molecule has 36 heavy (non-hydrogen) atoms. The van der Waals surface area contributed by atoms with E-state index in [2.05, 4.69) is 94.3 Å². The molecule has 1 heterocycles. The zero-order valence-electron chi connectivity index (χ0n) is 24.5. The summed E-state index contributed by atoms with van der Waals surface area (Å²) in [5.41, 5.74) is 8.09. The fraction of sp³-hybridized carbons (Fsp3) is 0.543. The largest absolute Gasteiger partial charge is 0.303 e. The van der Waals surface area contributed by atoms with Crippen LogP contribution in [-0.4, -0.2) is 24.5 Å². The highest BCUT2D eigenvalue weighted by Crippen LogP contribution is 2.20. The molecule has 2 aromatic carbocycles. The van der Waals surface area contributed by atoms with Crippen molar-refractivity contribution in [2.75, 3.05) is 19.6 Å². The third-order valence-electron chi connectivity index (χ3n) is 6.71. The highest BCUT2D eigenvalue weighted by Gasteiger charge is 2.14. The van der Waals surface area contributed by atoms with Crippen molar-refractivity contribution in [3.63, 3.8) is 0 Å². The Morgan fingerprint density at radius 3 is 1.97 bits per heavy atom. The van der Waals surface area contributed by atoms with Crippen LogP contribution in [0.3, 0.4) is 0 Å². The number of unbranched alkanes of at least 4 members (excludes halogenated alkanes) is 1. The summed E-state index contributed by atoms with van der Waals surface area (Å²) in [6, 6.07) is 17.9. The number of hydrogen-bond donors (Lipinski definition) is 0. The summed E-state index contributed by atoms with van der Waals surface area (Å²) in [6.45, 7) is 24.8. The molecule has 1 atom stereocenters. The van der Waals surface area contributed by atoms with Gasteiger partial charge in [-0.2, -0.15) is 0 Å². The van der Waals surface area contributed by atoms with Crippen molar-refractivity contribution in [1.82, 2.24) is 4.90 Å². The molecule has 0 saturated carbocycles. The third kappa shape index (κ3) is 13.8. The molecule has 0 N–H and O–H groups in total. The minimum atomic E-state index is 0.778. The molecular formula is C35H55N. The first-order chi connectivity index (χ1) is 17.4. The van der Waals surface area contributed by atoms with Crippen molar-refractivity contribution in [3.8, 4) is 0 Å². The maximum atomic E-state index is 4.15. The fourth-order valence-electron chi connectivity index (χ4n) is 4.70. The van der Waals surface area contributed by atoms with E-state index in [4.69, 9.17) is 0 Å². The zero-order valence-corrected chi connectivity index (χ0v) is 24.5. The van der Waals surface area contributed by atoms with Gasteiger partial charge in [0.05, 0.1) is 0 Å². The van der Waals surface area contributed by atoms with Gasteiger partial charge >= 0.3 is 0 Å². The average Bonchev–Trinajstić information content (AvgIpc) is 3.38. The number of hydrogen-bond acceptors (Lipinski definition) is 1. The van der Waals surface area contributed by atoms with Crippen LogP contribution in [0.5, 0.6) is 0 Å². The summed E-state index contributed by atoms with van der Waals surface area (Å²) in [6.07, 6.45) is 11.1. The first-order valence-corrected chi connectivity index (χ1v) is 14.6. The first-order valence-electron chi connectivity index (χ1n) is 14.6. The van der Waals surface area contributed by atoms with Crippen molar-refractivity contribution < 1.29 is 0 Å². The molecule has 0 amide bonds. The van der Waals surface area contributed by atoms with Gasteiger partial charge in [-0.25, -0.2) is 0 Å². The van der Waals surface area contributed by atoms with Gasteiger partial charge in [0.25, 0.3) is 0 Å². The summed E-state index contributed by atoms with van der Waals surface area (Å²) in [4.78, 5) is 2.62. The molecule has 1 heteroatoms. The van der Waals surface area contributed by atoms with Crippen molar-refractivity contribution in [2.45, 2.75) is 99.3 Å². The number of benzene rings is 2. The smallest absolute Gasteiger partial charge is 0.00102 e. The van der Waals surface area contributed by atoms with Crippen LogP contribution >= 0.6 is 0 Å². The van der Waals surface area contributed by atoms with Crippen LogP contribution in [0.4, 0.5) is 0 Å². The normalized spacial score (nSPS) is 13.7. The molecule has 0 aromatic heterocycles. The molecule has 200 valence electrons. The van der Waals surface area contributed by atoms with Gasteiger partial charge in [0.2, 0.25) is 0 Å². The Bertz CT molecular complexity index is 837. The van der Waals surface area contributed by atoms with Gasteiger partial charge < -0.3 is 4.90 Å². The van der Waals surface area contributed by atoms with E-state index < -0.39 is 0 Å². The van der Waals surface area contributed by atoms with E-state index in [1.54, 1.807) is 0 Å². The predicted molar refractivity (Wildman–Crippen MR) is 164 cm³/mol. The van der Waals surface area contributed by atoms with Crippen molar-refractivity contribution in [1.29, 1.82) is 0 Å². The van der Waals surface area contributed by atoms with Crippen LogP contribution in [0.1, 0.15) is 102 Å². The molecule has 1 aliphatic rings. The maximum absolute atomic E-state index is 4.15. The molecule has 1 nitrogen and oxygen atoms in total. The zero-order chi connectivity index (χ0) is 26.8. The quantitative estimate of drug-likeness (QED) is 0.212. The van der Waals surface area contributed by atoms with E-state index in [1.165, 1.54) is 98.0 Å². The van der Waals surface area contributed by atoms with Crippen LogP contribution in [-0.2, 0) is 12.8 Å². The maximum Gasteiger partial charge on any atom is 0.00102 e. The summed E-state index contributed by atoms with van der Waals surface area (Å²) < 4.78 is 0. The number of aryl methyl sites for hydroxylation is 2. The van der Waals surface area contributed by atoms with E-state index in [0.29, 0.717) is 0 Å². The minimum Gasteiger partial charge on any atom is -0.303 e. The number of rotatable bonds is 12. The second kappa shape index (κ2) is 19.1. The van der Waals surface area contributed by atoms with Gasteiger partial charge in [-0.15, -0.1) is 6.58 Å². The predicted octanol–water partition coefficient (Wildman–Crippen LogP) is 10.1. The molecule has 1 fully saturated rings. The van der Waals surface area contributed by atoms with Gasteiger partial charge in [0.15, 0.2) is 0 Å². The SMILES string of the molecule is C=C(C)CCCCC(=C)c1ccc(C)cc1.CC.CCCc1ccc(C[C@H](C)CN2CCCC2)cc1. The Labute approximate surface area is 224 Å². The van der Waals surface area contributed by atoms with E-state index in [9.17, 15) is 0 Å². The lowest BCUT2D eigenvalue weighted by molar-refractivity contribution is 0.287. The molecule has 0 bridgehead atoms. The van der Waals surface area contributed by atoms with E-state index in [1.807, 2.05) is 13.8 Å². The Morgan fingerprint density at radius 1 is 0.861 bits per heavy atom. The van der Waals surface area contributed by atoms with Crippen LogP contribution < -0.4 is 0 Å². The molecule has 0 spiro atoms. The fourth-order valence-corrected chi connectivity index (χ4v) is 4.70. The number of nitrogens with zero attached hydrogens (tertiary/aromatic N) is 1. The summed E-state index contributed by atoms with van der Waals surface area (Å²) >= 11 is 0. The van der Waals surface area contributed by atoms with Gasteiger partial charge in [-0.3, -0.25) is 0 Å². The summed E-state index contributed by atoms with van der Waals surface area (Å²) in [5.74, 6) is 0.778. The molecule has 1 saturated heterocycles. The molecular weight excluding hydrogens is 434 g/mol. The van der Waals surface area contributed by atoms with Gasteiger partial charge in [-0.1, -0.05) is 100 Å². The lowest BCUT2D eigenvalue weighted by Crippen LogP contribution is -2.26. The van der Waals surface area contributed by atoms with Crippen LogP contribution in [0.15, 0.2) is 67.3 Å². The van der Waals surface area contributed by atoms with Crippen LogP contribution in [0.25, 0.3) is 5.57 Å². The number of likely N-dealkylation sites (tertiary alicyclic amines) is 1. The van der Waals surface area contributed by atoms with Crippen LogP contribution in [0, 0.1) is 12.8 Å². The lowest BCUT2D eigenvalue weighted by Gasteiger charge is -2.20. The van der Waals surface area contributed by atoms with Crippen molar-refractivity contribution in [3.05, 3.63) is 89.5 Å². The topological polar surface area (TPSA) is 3.24 Å². The second-order valence-electron chi connectivity index (χ2n) is 10.5. The summed E-state index contributed by atoms with van der Waals surface area (Å²) in [7, 11) is 0. The third-order valence-corrected chi connectivity index (χ3v) is 6.71. The number of allylic oxidation sites excluding steroid dienone is 2. The van der Waals surface area contributed by atoms with Crippen molar-refractivity contribution >= 4 is 5.57 Å². The molecule has 0 radical (unpaired) electrons. The highest BCUT2D eigenvalue weighted by molar-refractivity contribution is 5.63. The van der Waals surface area contributed by atoms with E-state index in [-0.39, 0.29) is 0 Å². The molecule has 1 aliphatic heterocycles. The van der Waals surface area contributed by atoms with Crippen LogP contribution in [0.2, 0.25) is 0 Å². The Balaban J connectivity index is 0.000000339. The van der Waals surface area contributed by atoms with Gasteiger partial charge in [0, 0.05) is 6.54 Å². The monoisotopic (exact) mass is 489 g/mol. The van der Waals surface area contributed by atoms with Gasteiger partial charge in [0.1, 0.15) is 0 Å².